The van der Waals surface area contributed by atoms with Crippen molar-refractivity contribution < 1.29 is 14.3 Å². The van der Waals surface area contributed by atoms with E-state index in [0.29, 0.717) is 19.8 Å². The Hall–Kier alpha value is -2.49. The number of hydrogen-bond donors (Lipinski definition) is 1. The molecule has 0 aromatic heterocycles. The first kappa shape index (κ1) is 20.2. The van der Waals surface area contributed by atoms with Crippen LogP contribution in [0.3, 0.4) is 0 Å². The third kappa shape index (κ3) is 4.67. The van der Waals surface area contributed by atoms with Gasteiger partial charge < -0.3 is 14.8 Å². The van der Waals surface area contributed by atoms with E-state index in [1.807, 2.05) is 32.0 Å². The Labute approximate surface area is 168 Å². The van der Waals surface area contributed by atoms with Crippen LogP contribution in [0.15, 0.2) is 42.5 Å². The van der Waals surface area contributed by atoms with Gasteiger partial charge in [-0.05, 0) is 68.4 Å². The summed E-state index contributed by atoms with van der Waals surface area (Å²) in [5, 5.41) is 3.15. The molecule has 150 valence electrons. The predicted molar refractivity (Wildman–Crippen MR) is 112 cm³/mol. The van der Waals surface area contributed by atoms with Crippen molar-refractivity contribution in [2.75, 3.05) is 19.8 Å². The smallest absolute Gasteiger partial charge is 0.226 e. The second kappa shape index (κ2) is 9.13. The zero-order valence-electron chi connectivity index (χ0n) is 17.2. The third-order valence-corrected chi connectivity index (χ3v) is 5.50. The predicted octanol–water partition coefficient (Wildman–Crippen LogP) is 4.34. The first-order valence-corrected chi connectivity index (χ1v) is 10.3. The maximum absolute atomic E-state index is 12.9. The highest BCUT2D eigenvalue weighted by atomic mass is 16.5. The summed E-state index contributed by atoms with van der Waals surface area (Å²) in [5.41, 5.74) is 3.49. The van der Waals surface area contributed by atoms with Gasteiger partial charge in [-0.2, -0.15) is 0 Å². The molecule has 1 aliphatic rings. The normalized spacial score (nSPS) is 18.2. The molecule has 0 saturated carbocycles. The van der Waals surface area contributed by atoms with Gasteiger partial charge >= 0.3 is 0 Å². The number of rotatable bonds is 8. The van der Waals surface area contributed by atoms with Crippen LogP contribution in [-0.4, -0.2) is 25.7 Å². The average Bonchev–Trinajstić information content (AvgIpc) is 2.70. The van der Waals surface area contributed by atoms with E-state index in [2.05, 4.69) is 36.5 Å². The average molecular weight is 382 g/mol. The van der Waals surface area contributed by atoms with E-state index < -0.39 is 0 Å². The summed E-state index contributed by atoms with van der Waals surface area (Å²) >= 11 is 0. The van der Waals surface area contributed by atoms with Gasteiger partial charge in [-0.25, -0.2) is 0 Å². The second-order valence-corrected chi connectivity index (χ2v) is 7.66. The lowest BCUT2D eigenvalue weighted by Gasteiger charge is -2.33. The van der Waals surface area contributed by atoms with E-state index >= 15 is 0 Å². The molecule has 1 atom stereocenters. The monoisotopic (exact) mass is 381 g/mol. The number of amides is 1. The van der Waals surface area contributed by atoms with Crippen molar-refractivity contribution in [3.8, 4) is 11.5 Å². The van der Waals surface area contributed by atoms with Gasteiger partial charge in [0.15, 0.2) is 11.5 Å². The summed E-state index contributed by atoms with van der Waals surface area (Å²) in [7, 11) is 0. The molecule has 0 saturated heterocycles. The number of benzene rings is 2. The fraction of sp³-hybridized carbons (Fsp3) is 0.458. The molecule has 0 spiro atoms. The highest BCUT2D eigenvalue weighted by molar-refractivity contribution is 5.83. The molecule has 4 heteroatoms. The van der Waals surface area contributed by atoms with Gasteiger partial charge in [-0.15, -0.1) is 0 Å². The second-order valence-electron chi connectivity index (χ2n) is 7.66. The highest BCUT2D eigenvalue weighted by Crippen LogP contribution is 2.35. The fourth-order valence-corrected chi connectivity index (χ4v) is 3.87. The Kier molecular flexibility index (Phi) is 6.61. The molecule has 0 heterocycles. The zero-order valence-corrected chi connectivity index (χ0v) is 17.2. The molecule has 1 amide bonds. The lowest BCUT2D eigenvalue weighted by atomic mass is 9.72. The largest absolute Gasteiger partial charge is 0.490 e. The number of carbonyl (C=O) groups excluding carboxylic acids is 1. The molecule has 1 aliphatic carbocycles. The standard InChI is InChI=1S/C24H31NO3/c1-4-27-21-11-10-18(16-22(21)28-5-2)13-15-25-23(26)24(3)14-12-19-8-6-7-9-20(19)17-24/h6-11,16H,4-5,12-15,17H2,1-3H3,(H,25,26)/t24-/m0/s1. The molecule has 4 nitrogen and oxygen atoms in total. The van der Waals surface area contributed by atoms with Crippen LogP contribution in [0.2, 0.25) is 0 Å². The summed E-state index contributed by atoms with van der Waals surface area (Å²) in [6, 6.07) is 14.5. The Morgan fingerprint density at radius 3 is 2.50 bits per heavy atom. The van der Waals surface area contributed by atoms with E-state index in [9.17, 15) is 4.79 Å². The van der Waals surface area contributed by atoms with E-state index in [1.54, 1.807) is 0 Å². The minimum Gasteiger partial charge on any atom is -0.490 e. The minimum atomic E-state index is -0.330. The number of hydrogen-bond acceptors (Lipinski definition) is 3. The number of fused-ring (bicyclic) bond motifs is 1. The SMILES string of the molecule is CCOc1ccc(CCNC(=O)[C@@]2(C)CCc3ccccc3C2)cc1OCC. The van der Waals surface area contributed by atoms with Gasteiger partial charge in [0.05, 0.1) is 18.6 Å². The van der Waals surface area contributed by atoms with Crippen LogP contribution < -0.4 is 14.8 Å². The molecular weight excluding hydrogens is 350 g/mol. The highest BCUT2D eigenvalue weighted by Gasteiger charge is 2.36. The van der Waals surface area contributed by atoms with Crippen LogP contribution in [0.1, 0.15) is 43.9 Å². The molecule has 28 heavy (non-hydrogen) atoms. The number of ether oxygens (including phenoxy) is 2. The molecule has 1 N–H and O–H groups in total. The topological polar surface area (TPSA) is 47.6 Å². The summed E-state index contributed by atoms with van der Waals surface area (Å²) in [4.78, 5) is 12.9. The molecule has 0 radical (unpaired) electrons. The number of aryl methyl sites for hydroxylation is 1. The van der Waals surface area contributed by atoms with Crippen LogP contribution in [-0.2, 0) is 24.1 Å². The van der Waals surface area contributed by atoms with Gasteiger partial charge in [0, 0.05) is 6.54 Å². The molecular formula is C24H31NO3. The summed E-state index contributed by atoms with van der Waals surface area (Å²) in [5.74, 6) is 1.69. The molecule has 0 aliphatic heterocycles. The van der Waals surface area contributed by atoms with Crippen molar-refractivity contribution in [3.63, 3.8) is 0 Å². The van der Waals surface area contributed by atoms with Crippen LogP contribution in [0.5, 0.6) is 11.5 Å². The van der Waals surface area contributed by atoms with Crippen molar-refractivity contribution in [1.82, 2.24) is 5.32 Å². The maximum atomic E-state index is 12.9. The van der Waals surface area contributed by atoms with Crippen molar-refractivity contribution in [3.05, 3.63) is 59.2 Å². The van der Waals surface area contributed by atoms with Crippen molar-refractivity contribution >= 4 is 5.91 Å². The minimum absolute atomic E-state index is 0.151. The van der Waals surface area contributed by atoms with E-state index in [4.69, 9.17) is 9.47 Å². The van der Waals surface area contributed by atoms with Crippen LogP contribution in [0.4, 0.5) is 0 Å². The molecule has 3 rings (SSSR count). The van der Waals surface area contributed by atoms with Gasteiger partial charge in [-0.3, -0.25) is 4.79 Å². The summed E-state index contributed by atoms with van der Waals surface area (Å²) in [6.07, 6.45) is 3.45. The fourth-order valence-electron chi connectivity index (χ4n) is 3.87. The molecule has 0 fully saturated rings. The van der Waals surface area contributed by atoms with Crippen molar-refractivity contribution in [1.29, 1.82) is 0 Å². The van der Waals surface area contributed by atoms with Crippen LogP contribution in [0.25, 0.3) is 0 Å². The number of carbonyl (C=O) groups is 1. The molecule has 2 aromatic carbocycles. The van der Waals surface area contributed by atoms with Gasteiger partial charge in [0.2, 0.25) is 5.91 Å². The van der Waals surface area contributed by atoms with E-state index in [0.717, 1.165) is 42.7 Å². The summed E-state index contributed by atoms with van der Waals surface area (Å²) < 4.78 is 11.3. The van der Waals surface area contributed by atoms with Gasteiger partial charge in [0.1, 0.15) is 0 Å². The molecule has 0 unspecified atom stereocenters. The quantitative estimate of drug-likeness (QED) is 0.740. The van der Waals surface area contributed by atoms with Crippen LogP contribution >= 0.6 is 0 Å². The van der Waals surface area contributed by atoms with E-state index in [-0.39, 0.29) is 11.3 Å². The van der Waals surface area contributed by atoms with Crippen molar-refractivity contribution in [2.24, 2.45) is 5.41 Å². The Morgan fingerprint density at radius 2 is 1.75 bits per heavy atom. The number of nitrogens with one attached hydrogen (secondary N) is 1. The maximum Gasteiger partial charge on any atom is 0.226 e. The van der Waals surface area contributed by atoms with Crippen LogP contribution in [0, 0.1) is 5.41 Å². The Bertz CT molecular complexity index is 817. The molecule has 2 aromatic rings. The molecule has 0 bridgehead atoms. The summed E-state index contributed by atoms with van der Waals surface area (Å²) in [6.45, 7) is 7.84. The zero-order chi connectivity index (χ0) is 20.0. The Balaban J connectivity index is 1.57. The lowest BCUT2D eigenvalue weighted by Crippen LogP contribution is -2.43. The van der Waals surface area contributed by atoms with E-state index in [1.165, 1.54) is 11.1 Å². The van der Waals surface area contributed by atoms with Gasteiger partial charge in [0.25, 0.3) is 0 Å². The Morgan fingerprint density at radius 1 is 1.04 bits per heavy atom. The first-order valence-electron chi connectivity index (χ1n) is 10.3. The van der Waals surface area contributed by atoms with Crippen molar-refractivity contribution in [2.45, 2.75) is 46.5 Å². The lowest BCUT2D eigenvalue weighted by molar-refractivity contribution is -0.130. The first-order chi connectivity index (χ1) is 13.6. The van der Waals surface area contributed by atoms with Gasteiger partial charge in [-0.1, -0.05) is 37.3 Å². The third-order valence-electron chi connectivity index (χ3n) is 5.50.